The minimum absolute atomic E-state index is 0.104. The molecule has 0 spiro atoms. The van der Waals surface area contributed by atoms with Gasteiger partial charge >= 0.3 is 6.18 Å². The van der Waals surface area contributed by atoms with Crippen molar-refractivity contribution in [2.24, 2.45) is 0 Å². The molecule has 2 aromatic heterocycles. The standard InChI is InChI=1S/C25H24BrF4N3O2/c1-15(16-4-7-20(27)8-5-16)21(17-10-19(26)13-31-11-17)14-33-23(34)24(2,3)35-22-9-6-18(12-32-22)25(28,29)30/h4-13,15,21H,14H2,1-3H3,(H,33,34). The molecule has 0 radical (unpaired) electrons. The van der Waals surface area contributed by atoms with Gasteiger partial charge < -0.3 is 10.1 Å². The summed E-state index contributed by atoms with van der Waals surface area (Å²) >= 11 is 3.41. The summed E-state index contributed by atoms with van der Waals surface area (Å²) in [5.74, 6) is -1.24. The summed E-state index contributed by atoms with van der Waals surface area (Å²) in [5.41, 5.74) is -0.576. The lowest BCUT2D eigenvalue weighted by Gasteiger charge is -2.29. The van der Waals surface area contributed by atoms with Gasteiger partial charge in [-0.05, 0) is 71.1 Å². The van der Waals surface area contributed by atoms with Crippen molar-refractivity contribution in [3.63, 3.8) is 0 Å². The number of halogens is 5. The molecule has 10 heteroatoms. The monoisotopic (exact) mass is 553 g/mol. The first-order chi connectivity index (χ1) is 16.4. The molecule has 0 saturated heterocycles. The number of alkyl halides is 3. The second-order valence-electron chi connectivity index (χ2n) is 8.59. The van der Waals surface area contributed by atoms with Crippen molar-refractivity contribution in [2.45, 2.75) is 44.4 Å². The second-order valence-corrected chi connectivity index (χ2v) is 9.50. The molecule has 0 saturated carbocycles. The fourth-order valence-electron chi connectivity index (χ4n) is 3.54. The third-order valence-corrected chi connectivity index (χ3v) is 6.04. The fourth-order valence-corrected chi connectivity index (χ4v) is 3.93. The molecular formula is C25H24BrF4N3O2. The Morgan fingerprint density at radius 1 is 1.06 bits per heavy atom. The van der Waals surface area contributed by atoms with Gasteiger partial charge in [0.05, 0.1) is 5.56 Å². The van der Waals surface area contributed by atoms with Crippen LogP contribution in [0.3, 0.4) is 0 Å². The van der Waals surface area contributed by atoms with Gasteiger partial charge in [0.25, 0.3) is 5.91 Å². The normalized spacial score (nSPS) is 13.7. The smallest absolute Gasteiger partial charge is 0.417 e. The number of carbonyl (C=O) groups excluding carboxylic acids is 1. The van der Waals surface area contributed by atoms with Gasteiger partial charge in [-0.1, -0.05) is 19.1 Å². The first-order valence-electron chi connectivity index (χ1n) is 10.7. The van der Waals surface area contributed by atoms with Crippen molar-refractivity contribution in [1.29, 1.82) is 0 Å². The summed E-state index contributed by atoms with van der Waals surface area (Å²) in [5, 5.41) is 2.87. The number of nitrogens with zero attached hydrogens (tertiary/aromatic N) is 2. The van der Waals surface area contributed by atoms with E-state index in [-0.39, 0.29) is 30.1 Å². The van der Waals surface area contributed by atoms with E-state index in [1.807, 2.05) is 13.0 Å². The molecule has 1 aromatic carbocycles. The second kappa shape index (κ2) is 10.7. The molecule has 0 aliphatic carbocycles. The van der Waals surface area contributed by atoms with Crippen LogP contribution in [0, 0.1) is 5.82 Å². The van der Waals surface area contributed by atoms with E-state index in [4.69, 9.17) is 4.74 Å². The van der Waals surface area contributed by atoms with Crippen molar-refractivity contribution in [1.82, 2.24) is 15.3 Å². The van der Waals surface area contributed by atoms with Gasteiger partial charge in [0.1, 0.15) is 5.82 Å². The number of benzene rings is 1. The Kier molecular flexibility index (Phi) is 8.15. The molecule has 1 amide bonds. The summed E-state index contributed by atoms with van der Waals surface area (Å²) < 4.78 is 58.1. The third kappa shape index (κ3) is 7.00. The van der Waals surface area contributed by atoms with E-state index in [1.165, 1.54) is 26.0 Å². The van der Waals surface area contributed by atoms with Gasteiger partial charge in [0.15, 0.2) is 5.60 Å². The molecule has 35 heavy (non-hydrogen) atoms. The molecule has 0 bridgehead atoms. The van der Waals surface area contributed by atoms with Crippen LogP contribution >= 0.6 is 15.9 Å². The van der Waals surface area contributed by atoms with Crippen LogP contribution in [0.25, 0.3) is 0 Å². The van der Waals surface area contributed by atoms with Crippen LogP contribution in [0.2, 0.25) is 0 Å². The quantitative estimate of drug-likeness (QED) is 0.334. The van der Waals surface area contributed by atoms with E-state index >= 15 is 0 Å². The van der Waals surface area contributed by atoms with E-state index in [0.717, 1.165) is 27.7 Å². The highest BCUT2D eigenvalue weighted by atomic mass is 79.9. The molecule has 3 aromatic rings. The number of carbonyl (C=O) groups is 1. The number of amides is 1. The third-order valence-electron chi connectivity index (χ3n) is 5.61. The highest BCUT2D eigenvalue weighted by molar-refractivity contribution is 9.10. The zero-order valence-electron chi connectivity index (χ0n) is 19.2. The predicted octanol–water partition coefficient (Wildman–Crippen LogP) is 6.26. The highest BCUT2D eigenvalue weighted by Crippen LogP contribution is 2.34. The first kappa shape index (κ1) is 26.6. The average Bonchev–Trinajstić information content (AvgIpc) is 2.79. The molecule has 5 nitrogen and oxygen atoms in total. The summed E-state index contributed by atoms with van der Waals surface area (Å²) in [4.78, 5) is 20.9. The number of hydrogen-bond acceptors (Lipinski definition) is 4. The number of hydrogen-bond donors (Lipinski definition) is 1. The molecule has 2 atom stereocenters. The topological polar surface area (TPSA) is 64.1 Å². The maximum atomic E-state index is 13.4. The van der Waals surface area contributed by atoms with Crippen LogP contribution in [-0.4, -0.2) is 28.0 Å². The first-order valence-corrected chi connectivity index (χ1v) is 11.5. The molecule has 0 fully saturated rings. The lowest BCUT2D eigenvalue weighted by Crippen LogP contribution is -2.48. The molecular weight excluding hydrogens is 530 g/mol. The van der Waals surface area contributed by atoms with E-state index in [9.17, 15) is 22.4 Å². The van der Waals surface area contributed by atoms with Crippen LogP contribution in [0.4, 0.5) is 17.6 Å². The Bertz CT molecular complexity index is 1150. The summed E-state index contributed by atoms with van der Waals surface area (Å²) in [7, 11) is 0. The Balaban J connectivity index is 1.75. The molecule has 3 rings (SSSR count). The number of nitrogens with one attached hydrogen (secondary N) is 1. The van der Waals surface area contributed by atoms with Crippen LogP contribution < -0.4 is 10.1 Å². The minimum Gasteiger partial charge on any atom is -0.462 e. The summed E-state index contributed by atoms with van der Waals surface area (Å²) in [6, 6.07) is 9.98. The van der Waals surface area contributed by atoms with Gasteiger partial charge in [0, 0.05) is 41.6 Å². The zero-order chi connectivity index (χ0) is 25.8. The summed E-state index contributed by atoms with van der Waals surface area (Å²) in [6.45, 7) is 5.18. The number of aromatic nitrogens is 2. The Morgan fingerprint density at radius 2 is 1.74 bits per heavy atom. The lowest BCUT2D eigenvalue weighted by molar-refractivity contribution is -0.138. The van der Waals surface area contributed by atoms with E-state index in [1.54, 1.807) is 24.5 Å². The molecule has 2 unspecified atom stereocenters. The van der Waals surface area contributed by atoms with Crippen molar-refractivity contribution in [2.75, 3.05) is 6.54 Å². The average molecular weight is 554 g/mol. The van der Waals surface area contributed by atoms with E-state index in [0.29, 0.717) is 6.20 Å². The minimum atomic E-state index is -4.52. The van der Waals surface area contributed by atoms with Gasteiger partial charge in [-0.25, -0.2) is 9.37 Å². The maximum Gasteiger partial charge on any atom is 0.417 e. The number of ether oxygens (including phenoxy) is 1. The number of pyridine rings is 2. The van der Waals surface area contributed by atoms with Crippen LogP contribution in [0.1, 0.15) is 49.3 Å². The van der Waals surface area contributed by atoms with Crippen LogP contribution in [0.15, 0.2) is 65.5 Å². The van der Waals surface area contributed by atoms with Crippen LogP contribution in [-0.2, 0) is 11.0 Å². The SMILES string of the molecule is CC(c1ccc(F)cc1)C(CNC(=O)C(C)(C)Oc1ccc(C(F)(F)F)cn1)c1cncc(Br)c1. The van der Waals surface area contributed by atoms with Gasteiger partial charge in [-0.3, -0.25) is 9.78 Å². The molecule has 0 aliphatic rings. The largest absolute Gasteiger partial charge is 0.462 e. The molecule has 0 aliphatic heterocycles. The van der Waals surface area contributed by atoms with Gasteiger partial charge in [0.2, 0.25) is 5.88 Å². The predicted molar refractivity (Wildman–Crippen MR) is 126 cm³/mol. The highest BCUT2D eigenvalue weighted by Gasteiger charge is 2.34. The Morgan fingerprint density at radius 3 is 2.31 bits per heavy atom. The molecule has 2 heterocycles. The molecule has 186 valence electrons. The van der Waals surface area contributed by atoms with Gasteiger partial charge in [-0.2, -0.15) is 13.2 Å². The van der Waals surface area contributed by atoms with Gasteiger partial charge in [-0.15, -0.1) is 0 Å². The van der Waals surface area contributed by atoms with Crippen LogP contribution in [0.5, 0.6) is 5.88 Å². The molecule has 1 N–H and O–H groups in total. The Hall–Kier alpha value is -3.01. The lowest BCUT2D eigenvalue weighted by atomic mass is 9.83. The maximum absolute atomic E-state index is 13.4. The Labute approximate surface area is 209 Å². The van der Waals surface area contributed by atoms with E-state index in [2.05, 4.69) is 31.2 Å². The van der Waals surface area contributed by atoms with Crippen molar-refractivity contribution in [3.05, 3.63) is 88.0 Å². The fraction of sp³-hybridized carbons (Fsp3) is 0.320. The van der Waals surface area contributed by atoms with Crippen molar-refractivity contribution < 1.29 is 27.1 Å². The van der Waals surface area contributed by atoms with E-state index < -0.39 is 23.2 Å². The zero-order valence-corrected chi connectivity index (χ0v) is 20.8. The summed E-state index contributed by atoms with van der Waals surface area (Å²) in [6.07, 6.45) is -0.509. The number of rotatable bonds is 8. The van der Waals surface area contributed by atoms with Crippen molar-refractivity contribution >= 4 is 21.8 Å². The van der Waals surface area contributed by atoms with Crippen molar-refractivity contribution in [3.8, 4) is 5.88 Å².